The molecule has 1 amide bonds. The maximum Gasteiger partial charge on any atom is 0.234 e. The van der Waals surface area contributed by atoms with Crippen molar-refractivity contribution in [1.29, 1.82) is 0 Å². The third kappa shape index (κ3) is 5.12. The molecule has 0 atom stereocenters. The molecular weight excluding hydrogens is 364 g/mol. The van der Waals surface area contributed by atoms with Gasteiger partial charge in [0.1, 0.15) is 5.82 Å². The Morgan fingerprint density at radius 1 is 1.04 bits per heavy atom. The summed E-state index contributed by atoms with van der Waals surface area (Å²) in [6, 6.07) is 17.9. The highest BCUT2D eigenvalue weighted by Crippen LogP contribution is 2.24. The summed E-state index contributed by atoms with van der Waals surface area (Å²) in [4.78, 5) is 13.3. The van der Waals surface area contributed by atoms with Crippen LogP contribution < -0.4 is 5.32 Å². The fourth-order valence-corrected chi connectivity index (χ4v) is 3.83. The Hall–Kier alpha value is -2.25. The van der Waals surface area contributed by atoms with E-state index in [0.717, 1.165) is 22.4 Å². The molecule has 134 valence electrons. The van der Waals surface area contributed by atoms with Crippen molar-refractivity contribution in [1.82, 2.24) is 14.8 Å². The molecule has 1 aromatic heterocycles. The van der Waals surface area contributed by atoms with Crippen molar-refractivity contribution in [3.63, 3.8) is 0 Å². The molecule has 0 aliphatic carbocycles. The van der Waals surface area contributed by atoms with Gasteiger partial charge in [0.05, 0.1) is 11.5 Å². The van der Waals surface area contributed by atoms with Gasteiger partial charge < -0.3 is 9.88 Å². The largest absolute Gasteiger partial charge is 0.325 e. The van der Waals surface area contributed by atoms with Gasteiger partial charge >= 0.3 is 0 Å². The molecule has 3 rings (SSSR count). The lowest BCUT2D eigenvalue weighted by Crippen LogP contribution is -2.14. The predicted octanol–water partition coefficient (Wildman–Crippen LogP) is 4.15. The number of anilines is 1. The summed E-state index contributed by atoms with van der Waals surface area (Å²) in [5.74, 6) is 1.87. The molecule has 2 aromatic carbocycles. The summed E-state index contributed by atoms with van der Waals surface area (Å²) in [5.41, 5.74) is 2.05. The van der Waals surface area contributed by atoms with Gasteiger partial charge in [0.15, 0.2) is 5.16 Å². The molecule has 1 heterocycles. The molecule has 0 aliphatic rings. The van der Waals surface area contributed by atoms with E-state index >= 15 is 0 Å². The number of hydrogen-bond acceptors (Lipinski definition) is 5. The molecule has 0 aliphatic heterocycles. The maximum absolute atomic E-state index is 12.0. The number of hydrogen-bond donors (Lipinski definition) is 1. The smallest absolute Gasteiger partial charge is 0.234 e. The van der Waals surface area contributed by atoms with Crippen molar-refractivity contribution in [2.24, 2.45) is 7.05 Å². The van der Waals surface area contributed by atoms with E-state index in [0.29, 0.717) is 5.75 Å². The van der Waals surface area contributed by atoms with Crippen molar-refractivity contribution in [2.45, 2.75) is 22.7 Å². The van der Waals surface area contributed by atoms with Crippen molar-refractivity contribution < 1.29 is 4.79 Å². The number of amides is 1. The summed E-state index contributed by atoms with van der Waals surface area (Å²) in [6.07, 6.45) is 0. The Balaban J connectivity index is 1.51. The van der Waals surface area contributed by atoms with E-state index in [9.17, 15) is 4.79 Å². The second kappa shape index (κ2) is 8.91. The van der Waals surface area contributed by atoms with Crippen LogP contribution in [0.5, 0.6) is 0 Å². The first-order valence-electron chi connectivity index (χ1n) is 8.17. The third-order valence-electron chi connectivity index (χ3n) is 3.70. The van der Waals surface area contributed by atoms with Crippen molar-refractivity contribution >= 4 is 35.1 Å². The van der Waals surface area contributed by atoms with Gasteiger partial charge in [-0.3, -0.25) is 4.79 Å². The summed E-state index contributed by atoms with van der Waals surface area (Å²) >= 11 is 3.11. The van der Waals surface area contributed by atoms with Crippen molar-refractivity contribution in [3.8, 4) is 0 Å². The second-order valence-electron chi connectivity index (χ2n) is 5.76. The topological polar surface area (TPSA) is 59.8 Å². The highest BCUT2D eigenvalue weighted by molar-refractivity contribution is 7.99. The van der Waals surface area contributed by atoms with Gasteiger partial charge in [0, 0.05) is 17.6 Å². The zero-order valence-electron chi connectivity index (χ0n) is 14.7. The molecular formula is C19H20N4OS2. The third-order valence-corrected chi connectivity index (χ3v) is 5.73. The zero-order valence-corrected chi connectivity index (χ0v) is 16.3. The monoisotopic (exact) mass is 384 g/mol. The Morgan fingerprint density at radius 3 is 2.50 bits per heavy atom. The Bertz CT molecular complexity index is 863. The normalized spacial score (nSPS) is 10.7. The van der Waals surface area contributed by atoms with Crippen LogP contribution in [0.25, 0.3) is 0 Å². The van der Waals surface area contributed by atoms with Crippen LogP contribution in [0.2, 0.25) is 0 Å². The Morgan fingerprint density at radius 2 is 1.77 bits per heavy atom. The number of carbonyl (C=O) groups excluding carboxylic acids is 1. The molecule has 0 saturated heterocycles. The Kier molecular flexibility index (Phi) is 6.35. The summed E-state index contributed by atoms with van der Waals surface area (Å²) in [5, 5.41) is 12.1. The van der Waals surface area contributed by atoms with Gasteiger partial charge in [-0.15, -0.1) is 22.0 Å². The number of carbonyl (C=O) groups is 1. The van der Waals surface area contributed by atoms with Gasteiger partial charge in [0.25, 0.3) is 0 Å². The first-order chi connectivity index (χ1) is 12.6. The first-order valence-corrected chi connectivity index (χ1v) is 10.1. The number of para-hydroxylation sites is 1. The number of benzene rings is 2. The number of aromatic nitrogens is 3. The number of nitrogens with one attached hydrogen (secondary N) is 1. The van der Waals surface area contributed by atoms with Crippen LogP contribution in [0, 0.1) is 6.92 Å². The van der Waals surface area contributed by atoms with Crippen LogP contribution in [-0.4, -0.2) is 26.4 Å². The number of thioether (sulfide) groups is 2. The minimum absolute atomic E-state index is 0.0558. The second-order valence-corrected chi connectivity index (χ2v) is 7.75. The predicted molar refractivity (Wildman–Crippen MR) is 108 cm³/mol. The van der Waals surface area contributed by atoms with Crippen LogP contribution in [-0.2, 0) is 17.6 Å². The lowest BCUT2D eigenvalue weighted by molar-refractivity contribution is -0.113. The van der Waals surface area contributed by atoms with Crippen LogP contribution in [0.15, 0.2) is 64.6 Å². The van der Waals surface area contributed by atoms with Gasteiger partial charge in [0.2, 0.25) is 5.91 Å². The average molecular weight is 385 g/mol. The van der Waals surface area contributed by atoms with E-state index in [1.807, 2.05) is 41.9 Å². The fourth-order valence-electron chi connectivity index (χ4n) is 2.23. The van der Waals surface area contributed by atoms with Crippen LogP contribution >= 0.6 is 23.5 Å². The van der Waals surface area contributed by atoms with Crippen molar-refractivity contribution in [3.05, 3.63) is 66.0 Å². The molecule has 7 heteroatoms. The van der Waals surface area contributed by atoms with Crippen LogP contribution in [0.1, 0.15) is 11.4 Å². The minimum Gasteiger partial charge on any atom is -0.325 e. The summed E-state index contributed by atoms with van der Waals surface area (Å²) in [6.45, 7) is 2.08. The summed E-state index contributed by atoms with van der Waals surface area (Å²) < 4.78 is 1.95. The lowest BCUT2D eigenvalue weighted by Gasteiger charge is -2.05. The zero-order chi connectivity index (χ0) is 18.4. The molecule has 3 aromatic rings. The molecule has 0 unspecified atom stereocenters. The van der Waals surface area contributed by atoms with Gasteiger partial charge in [-0.1, -0.05) is 47.7 Å². The van der Waals surface area contributed by atoms with E-state index in [1.165, 1.54) is 22.2 Å². The van der Waals surface area contributed by atoms with E-state index in [1.54, 1.807) is 11.8 Å². The molecule has 0 bridgehead atoms. The SMILES string of the molecule is Cc1ccc(SCc2nnc(SCC(=O)Nc3ccccc3)n2C)cc1. The standard InChI is InChI=1S/C19H20N4OS2/c1-14-8-10-16(11-9-14)25-12-17-21-22-19(23(17)2)26-13-18(24)20-15-6-4-3-5-7-15/h3-11H,12-13H2,1-2H3,(H,20,24). The van der Waals surface area contributed by atoms with Gasteiger partial charge in [-0.25, -0.2) is 0 Å². The van der Waals surface area contributed by atoms with E-state index in [-0.39, 0.29) is 5.91 Å². The molecule has 0 radical (unpaired) electrons. The quantitative estimate of drug-likeness (QED) is 0.620. The van der Waals surface area contributed by atoms with Crippen LogP contribution in [0.4, 0.5) is 5.69 Å². The Labute approximate surface area is 161 Å². The highest BCUT2D eigenvalue weighted by Gasteiger charge is 2.12. The van der Waals surface area contributed by atoms with Crippen molar-refractivity contribution in [2.75, 3.05) is 11.1 Å². The molecule has 1 N–H and O–H groups in total. The molecule has 0 spiro atoms. The minimum atomic E-state index is -0.0558. The van der Waals surface area contributed by atoms with E-state index in [2.05, 4.69) is 46.7 Å². The fraction of sp³-hybridized carbons (Fsp3) is 0.211. The number of nitrogens with zero attached hydrogens (tertiary/aromatic N) is 3. The van der Waals surface area contributed by atoms with Gasteiger partial charge in [-0.05, 0) is 31.2 Å². The molecule has 5 nitrogen and oxygen atoms in total. The molecule has 0 fully saturated rings. The van der Waals surface area contributed by atoms with E-state index in [4.69, 9.17) is 0 Å². The number of rotatable bonds is 7. The maximum atomic E-state index is 12.0. The van der Waals surface area contributed by atoms with Crippen LogP contribution in [0.3, 0.4) is 0 Å². The lowest BCUT2D eigenvalue weighted by atomic mass is 10.2. The molecule has 26 heavy (non-hydrogen) atoms. The average Bonchev–Trinajstić information content (AvgIpc) is 3.00. The van der Waals surface area contributed by atoms with Gasteiger partial charge in [-0.2, -0.15) is 0 Å². The van der Waals surface area contributed by atoms with E-state index < -0.39 is 0 Å². The highest BCUT2D eigenvalue weighted by atomic mass is 32.2. The summed E-state index contributed by atoms with van der Waals surface area (Å²) in [7, 11) is 1.93. The molecule has 0 saturated carbocycles. The first kappa shape index (κ1) is 18.5. The number of aryl methyl sites for hydroxylation is 1.